The van der Waals surface area contributed by atoms with Gasteiger partial charge < -0.3 is 10.1 Å². The predicted molar refractivity (Wildman–Crippen MR) is 124 cm³/mol. The zero-order valence-corrected chi connectivity index (χ0v) is 18.8. The Morgan fingerprint density at radius 3 is 2.94 bits per heavy atom. The lowest BCUT2D eigenvalue weighted by Gasteiger charge is -2.17. The maximum absolute atomic E-state index is 13.6. The minimum absolute atomic E-state index is 0.0282. The van der Waals surface area contributed by atoms with Crippen LogP contribution in [0.5, 0.6) is 0 Å². The Morgan fingerprint density at radius 2 is 2.19 bits per heavy atom. The Kier molecular flexibility index (Phi) is 7.22. The first-order valence-electron chi connectivity index (χ1n) is 10.9. The summed E-state index contributed by atoms with van der Waals surface area (Å²) in [6.45, 7) is 3.69. The van der Waals surface area contributed by atoms with Gasteiger partial charge in [-0.2, -0.15) is 0 Å². The molecule has 2 heterocycles. The van der Waals surface area contributed by atoms with Crippen molar-refractivity contribution in [3.8, 4) is 0 Å². The van der Waals surface area contributed by atoms with E-state index in [-0.39, 0.29) is 23.4 Å². The van der Waals surface area contributed by atoms with Crippen LogP contribution in [0.25, 0.3) is 10.9 Å². The molecule has 1 aliphatic heterocycles. The van der Waals surface area contributed by atoms with Crippen LogP contribution >= 0.6 is 11.8 Å². The third-order valence-electron chi connectivity index (χ3n) is 5.39. The van der Waals surface area contributed by atoms with Crippen LogP contribution in [0, 0.1) is 5.82 Å². The summed E-state index contributed by atoms with van der Waals surface area (Å²) < 4.78 is 21.0. The molecule has 0 aliphatic carbocycles. The largest absolute Gasteiger partial charge is 0.376 e. The summed E-state index contributed by atoms with van der Waals surface area (Å²) in [5.74, 6) is -0.0140. The zero-order chi connectivity index (χ0) is 22.5. The molecular weight excluding hydrogens is 429 g/mol. The van der Waals surface area contributed by atoms with E-state index in [1.165, 1.54) is 23.9 Å². The highest BCUT2D eigenvalue weighted by atomic mass is 32.2. The monoisotopic (exact) mass is 455 g/mol. The van der Waals surface area contributed by atoms with E-state index in [4.69, 9.17) is 9.72 Å². The number of carbonyl (C=O) groups is 1. The molecule has 1 fully saturated rings. The normalized spacial score (nSPS) is 15.9. The van der Waals surface area contributed by atoms with Gasteiger partial charge in [0.05, 0.1) is 23.6 Å². The van der Waals surface area contributed by atoms with Crippen LogP contribution in [0.15, 0.2) is 52.4 Å². The smallest absolute Gasteiger partial charge is 0.262 e. The van der Waals surface area contributed by atoms with Crippen molar-refractivity contribution in [1.29, 1.82) is 0 Å². The van der Waals surface area contributed by atoms with Gasteiger partial charge in [-0.25, -0.2) is 9.37 Å². The van der Waals surface area contributed by atoms with E-state index in [1.807, 2.05) is 13.0 Å². The zero-order valence-electron chi connectivity index (χ0n) is 18.0. The Hall–Kier alpha value is -2.71. The van der Waals surface area contributed by atoms with Gasteiger partial charge >= 0.3 is 0 Å². The van der Waals surface area contributed by atoms with Gasteiger partial charge in [0.1, 0.15) is 5.82 Å². The van der Waals surface area contributed by atoms with Crippen LogP contribution in [0.2, 0.25) is 0 Å². The van der Waals surface area contributed by atoms with Crippen molar-refractivity contribution >= 4 is 28.6 Å². The number of thioether (sulfide) groups is 1. The summed E-state index contributed by atoms with van der Waals surface area (Å²) in [6, 6.07) is 11.4. The number of hydrogen-bond acceptors (Lipinski definition) is 5. The van der Waals surface area contributed by atoms with Gasteiger partial charge in [-0.15, -0.1) is 0 Å². The molecule has 1 atom stereocenters. The first-order chi connectivity index (χ1) is 15.5. The molecule has 1 amide bonds. The molecule has 32 heavy (non-hydrogen) atoms. The van der Waals surface area contributed by atoms with Crippen LogP contribution in [0.3, 0.4) is 0 Å². The van der Waals surface area contributed by atoms with Gasteiger partial charge in [-0.1, -0.05) is 30.8 Å². The van der Waals surface area contributed by atoms with Gasteiger partial charge in [-0.3, -0.25) is 14.2 Å². The Balaban J connectivity index is 1.70. The molecule has 168 valence electrons. The van der Waals surface area contributed by atoms with Crippen molar-refractivity contribution in [1.82, 2.24) is 14.9 Å². The number of nitrogens with zero attached hydrogens (tertiary/aromatic N) is 2. The fraction of sp³-hybridized carbons (Fsp3) is 0.375. The summed E-state index contributed by atoms with van der Waals surface area (Å²) >= 11 is 1.38. The average Bonchev–Trinajstić information content (AvgIpc) is 3.31. The van der Waals surface area contributed by atoms with Crippen molar-refractivity contribution in [2.24, 2.45) is 0 Å². The molecule has 1 aliphatic rings. The molecule has 1 N–H and O–H groups in total. The van der Waals surface area contributed by atoms with Gasteiger partial charge in [0.15, 0.2) is 5.16 Å². The number of rotatable bonds is 8. The Morgan fingerprint density at radius 1 is 1.31 bits per heavy atom. The van der Waals surface area contributed by atoms with Crippen LogP contribution in [-0.4, -0.2) is 34.7 Å². The topological polar surface area (TPSA) is 73.2 Å². The number of amides is 1. The number of benzene rings is 2. The second kappa shape index (κ2) is 10.3. The summed E-state index contributed by atoms with van der Waals surface area (Å²) in [6.07, 6.45) is 2.68. The Bertz CT molecular complexity index is 1170. The molecule has 3 aromatic rings. The highest BCUT2D eigenvalue weighted by Crippen LogP contribution is 2.25. The second-order valence-electron chi connectivity index (χ2n) is 7.85. The van der Waals surface area contributed by atoms with Crippen LogP contribution < -0.4 is 10.9 Å². The Labute approximate surface area is 190 Å². The van der Waals surface area contributed by atoms with E-state index in [2.05, 4.69) is 5.32 Å². The molecule has 8 heteroatoms. The quantitative estimate of drug-likeness (QED) is 0.408. The summed E-state index contributed by atoms with van der Waals surface area (Å²) in [7, 11) is 0. The fourth-order valence-corrected chi connectivity index (χ4v) is 4.67. The van der Waals surface area contributed by atoms with E-state index < -0.39 is 0 Å². The standard InChI is InChI=1S/C24H26FN3O3S/c1-2-10-26-22(29)17-8-9-20-21(13-17)27-24(32-15-16-5-3-6-18(25)12-16)28(23(20)30)14-19-7-4-11-31-19/h3,5-6,8-9,12-13,19H,2,4,7,10-11,14-15H2,1H3,(H,26,29)/t19-/m1/s1. The van der Waals surface area contributed by atoms with Gasteiger partial charge in [-0.05, 0) is 55.2 Å². The van der Waals surface area contributed by atoms with Crippen LogP contribution in [-0.2, 0) is 17.0 Å². The molecule has 0 radical (unpaired) electrons. The lowest BCUT2D eigenvalue weighted by molar-refractivity contribution is 0.0937. The fourth-order valence-electron chi connectivity index (χ4n) is 3.72. The molecule has 0 unspecified atom stereocenters. The number of halogens is 1. The van der Waals surface area contributed by atoms with Crippen molar-refractivity contribution < 1.29 is 13.9 Å². The van der Waals surface area contributed by atoms with E-state index >= 15 is 0 Å². The lowest BCUT2D eigenvalue weighted by atomic mass is 10.1. The molecule has 0 saturated carbocycles. The number of aromatic nitrogens is 2. The number of hydrogen-bond donors (Lipinski definition) is 1. The van der Waals surface area contributed by atoms with E-state index in [0.717, 1.165) is 24.8 Å². The molecule has 1 saturated heterocycles. The molecule has 1 aromatic heterocycles. The SMILES string of the molecule is CCCNC(=O)c1ccc2c(=O)n(C[C@H]3CCCO3)c(SCc3cccc(F)c3)nc2c1. The molecule has 2 aromatic carbocycles. The van der Waals surface area contributed by atoms with Crippen molar-refractivity contribution in [2.75, 3.05) is 13.2 Å². The maximum atomic E-state index is 13.6. The lowest BCUT2D eigenvalue weighted by Crippen LogP contribution is -2.29. The number of ether oxygens (including phenoxy) is 1. The highest BCUT2D eigenvalue weighted by Gasteiger charge is 2.21. The number of carbonyl (C=O) groups excluding carboxylic acids is 1. The van der Waals surface area contributed by atoms with E-state index in [0.29, 0.717) is 47.1 Å². The molecular formula is C24H26FN3O3S. The predicted octanol–water partition coefficient (Wildman–Crippen LogP) is 4.15. The molecule has 0 bridgehead atoms. The third kappa shape index (κ3) is 5.19. The summed E-state index contributed by atoms with van der Waals surface area (Å²) in [5, 5.41) is 3.85. The molecule has 0 spiro atoms. The average molecular weight is 456 g/mol. The molecule has 6 nitrogen and oxygen atoms in total. The molecule has 4 rings (SSSR count). The second-order valence-corrected chi connectivity index (χ2v) is 8.79. The van der Waals surface area contributed by atoms with E-state index in [9.17, 15) is 14.0 Å². The number of nitrogens with one attached hydrogen (secondary N) is 1. The first-order valence-corrected chi connectivity index (χ1v) is 11.9. The summed E-state index contributed by atoms with van der Waals surface area (Å²) in [5.41, 5.74) is 1.59. The first kappa shape index (κ1) is 22.5. The maximum Gasteiger partial charge on any atom is 0.262 e. The van der Waals surface area contributed by atoms with Crippen molar-refractivity contribution in [2.45, 2.75) is 49.7 Å². The van der Waals surface area contributed by atoms with Crippen molar-refractivity contribution in [3.63, 3.8) is 0 Å². The van der Waals surface area contributed by atoms with Crippen molar-refractivity contribution in [3.05, 3.63) is 69.8 Å². The highest BCUT2D eigenvalue weighted by molar-refractivity contribution is 7.98. The van der Waals surface area contributed by atoms with Crippen LogP contribution in [0.4, 0.5) is 4.39 Å². The van der Waals surface area contributed by atoms with Gasteiger partial charge in [0.2, 0.25) is 0 Å². The third-order valence-corrected chi connectivity index (χ3v) is 6.43. The summed E-state index contributed by atoms with van der Waals surface area (Å²) in [4.78, 5) is 30.5. The number of fused-ring (bicyclic) bond motifs is 1. The minimum Gasteiger partial charge on any atom is -0.376 e. The minimum atomic E-state index is -0.297. The van der Waals surface area contributed by atoms with Crippen LogP contribution in [0.1, 0.15) is 42.1 Å². The van der Waals surface area contributed by atoms with E-state index in [1.54, 1.807) is 28.8 Å². The van der Waals surface area contributed by atoms with Gasteiger partial charge in [0.25, 0.3) is 11.5 Å². The van der Waals surface area contributed by atoms with Gasteiger partial charge in [0, 0.05) is 24.5 Å².